The van der Waals surface area contributed by atoms with Gasteiger partial charge in [-0.3, -0.25) is 14.5 Å². The first-order valence-corrected chi connectivity index (χ1v) is 10.8. The number of urea groups is 1. The van der Waals surface area contributed by atoms with E-state index < -0.39 is 17.5 Å². The third-order valence-electron chi connectivity index (χ3n) is 6.55. The predicted molar refractivity (Wildman–Crippen MR) is 114 cm³/mol. The van der Waals surface area contributed by atoms with Crippen molar-refractivity contribution in [3.8, 4) is 0 Å². The van der Waals surface area contributed by atoms with Gasteiger partial charge in [-0.05, 0) is 43.9 Å². The van der Waals surface area contributed by atoms with Gasteiger partial charge in [-0.2, -0.15) is 0 Å². The highest BCUT2D eigenvalue weighted by atomic mass is 16.2. The summed E-state index contributed by atoms with van der Waals surface area (Å²) in [6.45, 7) is 6.68. The smallest absolute Gasteiger partial charge is 0.325 e. The average Bonchev–Trinajstić information content (AvgIpc) is 3.20. The third-order valence-corrected chi connectivity index (χ3v) is 6.55. The molecule has 8 nitrogen and oxygen atoms in total. The van der Waals surface area contributed by atoms with Crippen molar-refractivity contribution in [1.82, 2.24) is 19.8 Å². The van der Waals surface area contributed by atoms with Gasteiger partial charge in [0.1, 0.15) is 17.9 Å². The number of aromatic nitrogens is 2. The van der Waals surface area contributed by atoms with Crippen LogP contribution in [0.15, 0.2) is 18.2 Å². The first kappa shape index (κ1) is 20.4. The highest BCUT2D eigenvalue weighted by molar-refractivity contribution is 6.10. The van der Waals surface area contributed by atoms with Crippen LogP contribution in [0.1, 0.15) is 52.3 Å². The highest BCUT2D eigenvalue weighted by Gasteiger charge is 2.55. The van der Waals surface area contributed by atoms with Crippen molar-refractivity contribution in [1.29, 1.82) is 0 Å². The molecule has 2 aliphatic rings. The molecule has 1 aliphatic heterocycles. The fourth-order valence-electron chi connectivity index (χ4n) is 4.86. The zero-order chi connectivity index (χ0) is 21.5. The maximum Gasteiger partial charge on any atom is 0.325 e. The molecule has 8 heteroatoms. The molecule has 2 heterocycles. The lowest BCUT2D eigenvalue weighted by Crippen LogP contribution is -2.54. The first-order valence-electron chi connectivity index (χ1n) is 10.8. The molecule has 0 unspecified atom stereocenters. The standard InChI is InChI=1S/C22H29N5O3/c1-4-18-24-16-12-15(9-10-17(16)26(18)5-2)23-19(28)13-27-20(29)22(25-21(27)30)11-7-6-8-14(22)3/h9-10,12,14H,4-8,11,13H2,1-3H3,(H,23,28)(H,25,30)/t14-,22-/m0/s1. The van der Waals surface area contributed by atoms with E-state index in [1.165, 1.54) is 0 Å². The van der Waals surface area contributed by atoms with E-state index >= 15 is 0 Å². The van der Waals surface area contributed by atoms with Crippen molar-refractivity contribution >= 4 is 34.6 Å². The molecule has 1 saturated carbocycles. The molecule has 4 rings (SSSR count). The Kier molecular flexibility index (Phi) is 5.26. The molecule has 30 heavy (non-hydrogen) atoms. The lowest BCUT2D eigenvalue weighted by molar-refractivity contribution is -0.136. The minimum Gasteiger partial charge on any atom is -0.328 e. The van der Waals surface area contributed by atoms with E-state index in [-0.39, 0.29) is 18.4 Å². The Morgan fingerprint density at radius 2 is 2.10 bits per heavy atom. The van der Waals surface area contributed by atoms with Gasteiger partial charge in [0.2, 0.25) is 5.91 Å². The number of aryl methyl sites for hydroxylation is 2. The monoisotopic (exact) mass is 411 g/mol. The first-order chi connectivity index (χ1) is 14.4. The van der Waals surface area contributed by atoms with Crippen molar-refractivity contribution in [2.45, 2.75) is 65.0 Å². The summed E-state index contributed by atoms with van der Waals surface area (Å²) < 4.78 is 2.15. The predicted octanol–water partition coefficient (Wildman–Crippen LogP) is 3.06. The van der Waals surface area contributed by atoms with E-state index in [1.807, 2.05) is 25.1 Å². The maximum atomic E-state index is 13.0. The highest BCUT2D eigenvalue weighted by Crippen LogP contribution is 2.38. The van der Waals surface area contributed by atoms with Gasteiger partial charge in [-0.1, -0.05) is 26.7 Å². The topological polar surface area (TPSA) is 96.3 Å². The second kappa shape index (κ2) is 7.74. The van der Waals surface area contributed by atoms with Gasteiger partial charge < -0.3 is 15.2 Å². The van der Waals surface area contributed by atoms with Gasteiger partial charge >= 0.3 is 6.03 Å². The van der Waals surface area contributed by atoms with Crippen LogP contribution in [0.3, 0.4) is 0 Å². The van der Waals surface area contributed by atoms with Crippen LogP contribution in [0.25, 0.3) is 11.0 Å². The quantitative estimate of drug-likeness (QED) is 0.739. The van der Waals surface area contributed by atoms with Gasteiger partial charge in [0.15, 0.2) is 0 Å². The number of fused-ring (bicyclic) bond motifs is 1. The van der Waals surface area contributed by atoms with Crippen LogP contribution in [0, 0.1) is 5.92 Å². The number of carbonyl (C=O) groups excluding carboxylic acids is 3. The van der Waals surface area contributed by atoms with Crippen LogP contribution in [0.4, 0.5) is 10.5 Å². The zero-order valence-electron chi connectivity index (χ0n) is 17.8. The molecule has 1 aromatic heterocycles. The van der Waals surface area contributed by atoms with Crippen LogP contribution in [-0.4, -0.2) is 44.4 Å². The Hall–Kier alpha value is -2.90. The third kappa shape index (κ3) is 3.24. The van der Waals surface area contributed by atoms with Gasteiger partial charge in [-0.25, -0.2) is 9.78 Å². The molecule has 1 saturated heterocycles. The van der Waals surface area contributed by atoms with E-state index in [0.29, 0.717) is 12.1 Å². The van der Waals surface area contributed by atoms with Crippen molar-refractivity contribution in [3.05, 3.63) is 24.0 Å². The number of nitrogens with one attached hydrogen (secondary N) is 2. The summed E-state index contributed by atoms with van der Waals surface area (Å²) in [5.74, 6) is 0.394. The van der Waals surface area contributed by atoms with Gasteiger partial charge in [0.05, 0.1) is 11.0 Å². The van der Waals surface area contributed by atoms with E-state index in [4.69, 9.17) is 0 Å². The molecule has 4 amide bonds. The molecule has 1 aromatic carbocycles. The number of nitrogens with zero attached hydrogens (tertiary/aromatic N) is 3. The summed E-state index contributed by atoms with van der Waals surface area (Å²) in [5, 5.41) is 5.69. The number of hydrogen-bond donors (Lipinski definition) is 2. The summed E-state index contributed by atoms with van der Waals surface area (Å²) in [7, 11) is 0. The van der Waals surface area contributed by atoms with Crippen molar-refractivity contribution in [2.24, 2.45) is 5.92 Å². The second-order valence-electron chi connectivity index (χ2n) is 8.32. The molecule has 2 fully saturated rings. The fraction of sp³-hybridized carbons (Fsp3) is 0.545. The van der Waals surface area contributed by atoms with Crippen LogP contribution < -0.4 is 10.6 Å². The number of rotatable bonds is 5. The van der Waals surface area contributed by atoms with E-state index in [0.717, 1.165) is 54.0 Å². The lowest BCUT2D eigenvalue weighted by atomic mass is 9.73. The molecule has 2 atom stereocenters. The second-order valence-corrected chi connectivity index (χ2v) is 8.32. The van der Waals surface area contributed by atoms with Gasteiger partial charge in [0, 0.05) is 18.7 Å². The average molecular weight is 412 g/mol. The molecule has 2 aromatic rings. The van der Waals surface area contributed by atoms with Crippen molar-refractivity contribution in [2.75, 3.05) is 11.9 Å². The van der Waals surface area contributed by atoms with Crippen LogP contribution in [0.2, 0.25) is 0 Å². The minimum absolute atomic E-state index is 0.0691. The Morgan fingerprint density at radius 1 is 1.30 bits per heavy atom. The Bertz CT molecular complexity index is 1010. The summed E-state index contributed by atoms with van der Waals surface area (Å²) in [6.07, 6.45) is 4.32. The zero-order valence-corrected chi connectivity index (χ0v) is 17.8. The Morgan fingerprint density at radius 3 is 2.80 bits per heavy atom. The molecule has 0 bridgehead atoms. The number of hydrogen-bond acceptors (Lipinski definition) is 4. The number of anilines is 1. The maximum absolute atomic E-state index is 13.0. The summed E-state index contributed by atoms with van der Waals surface area (Å²) in [6, 6.07) is 5.11. The molecule has 2 N–H and O–H groups in total. The summed E-state index contributed by atoms with van der Waals surface area (Å²) in [5.41, 5.74) is 1.59. The number of amides is 4. The SMILES string of the molecule is CCc1nc2cc(NC(=O)CN3C(=O)N[C@]4(CCCC[C@@H]4C)C3=O)ccc2n1CC. The molecular weight excluding hydrogens is 382 g/mol. The largest absolute Gasteiger partial charge is 0.328 e. The summed E-state index contributed by atoms with van der Waals surface area (Å²) >= 11 is 0. The van der Waals surface area contributed by atoms with Crippen molar-refractivity contribution < 1.29 is 14.4 Å². The molecule has 160 valence electrons. The van der Waals surface area contributed by atoms with Gasteiger partial charge in [-0.15, -0.1) is 0 Å². The van der Waals surface area contributed by atoms with Crippen LogP contribution in [-0.2, 0) is 22.6 Å². The molecular formula is C22H29N5O3. The Labute approximate surface area is 176 Å². The van der Waals surface area contributed by atoms with Crippen molar-refractivity contribution in [3.63, 3.8) is 0 Å². The minimum atomic E-state index is -0.849. The molecule has 0 radical (unpaired) electrons. The normalized spacial score (nSPS) is 24.0. The van der Waals surface area contributed by atoms with E-state index in [2.05, 4.69) is 34.0 Å². The Balaban J connectivity index is 1.48. The summed E-state index contributed by atoms with van der Waals surface area (Å²) in [4.78, 5) is 43.8. The number of carbonyl (C=O) groups is 3. The van der Waals surface area contributed by atoms with E-state index in [1.54, 1.807) is 0 Å². The van der Waals surface area contributed by atoms with Crippen LogP contribution >= 0.6 is 0 Å². The molecule has 1 spiro atoms. The number of imide groups is 1. The van der Waals surface area contributed by atoms with Crippen LogP contribution in [0.5, 0.6) is 0 Å². The number of imidazole rings is 1. The number of benzene rings is 1. The van der Waals surface area contributed by atoms with Gasteiger partial charge in [0.25, 0.3) is 5.91 Å². The lowest BCUT2D eigenvalue weighted by Gasteiger charge is -2.36. The van der Waals surface area contributed by atoms with E-state index in [9.17, 15) is 14.4 Å². The fourth-order valence-corrected chi connectivity index (χ4v) is 4.86. The molecule has 1 aliphatic carbocycles.